The molecule has 3 aromatic rings. The Labute approximate surface area is 207 Å². The number of piperidine rings is 1. The molecule has 0 aliphatic carbocycles. The number of likely N-dealkylation sites (tertiary alicyclic amines) is 1. The Kier molecular flexibility index (Phi) is 8.62. The second kappa shape index (κ2) is 11.8. The van der Waals surface area contributed by atoms with Crippen molar-refractivity contribution in [3.05, 3.63) is 82.0 Å². The summed E-state index contributed by atoms with van der Waals surface area (Å²) in [7, 11) is 4.02. The molecule has 0 saturated carbocycles. The molecule has 1 atom stereocenters. The van der Waals surface area contributed by atoms with E-state index in [1.165, 1.54) is 16.0 Å². The molecule has 1 aliphatic rings. The average molecular weight is 480 g/mol. The number of phenolic OH excluding ortho intramolecular Hbond substituents is 1. The highest BCUT2D eigenvalue weighted by Crippen LogP contribution is 2.35. The molecule has 6 heteroatoms. The van der Waals surface area contributed by atoms with Crippen LogP contribution in [0.1, 0.15) is 41.4 Å². The molecule has 0 bridgehead atoms. The molecule has 182 valence electrons. The standard InChI is InChI=1S/C28H37N3O2S/c1-29-16-12-26(27-11-6-20-34-27)33-25-10-4-3-7-22(25)13-17-31-18-14-28(30-2,15-19-31)23-8-5-9-24(32)21-23/h3-11,20-21,26,29-30,32H,12-19H2,1-2H3. The molecule has 0 spiro atoms. The Morgan fingerprint density at radius 3 is 2.59 bits per heavy atom. The van der Waals surface area contributed by atoms with Gasteiger partial charge in [-0.05, 0) is 80.7 Å². The zero-order valence-electron chi connectivity index (χ0n) is 20.3. The molecule has 1 fully saturated rings. The molecule has 34 heavy (non-hydrogen) atoms. The van der Waals surface area contributed by atoms with Gasteiger partial charge in [-0.3, -0.25) is 0 Å². The van der Waals surface area contributed by atoms with Gasteiger partial charge in [0.05, 0.1) is 0 Å². The summed E-state index contributed by atoms with van der Waals surface area (Å²) < 4.78 is 6.57. The number of hydrogen-bond acceptors (Lipinski definition) is 6. The lowest BCUT2D eigenvalue weighted by Gasteiger charge is -2.42. The third kappa shape index (κ3) is 5.99. The quantitative estimate of drug-likeness (QED) is 0.364. The Balaban J connectivity index is 1.37. The normalized spacial score (nSPS) is 16.9. The highest BCUT2D eigenvalue weighted by molar-refractivity contribution is 7.10. The van der Waals surface area contributed by atoms with Crippen LogP contribution in [0.2, 0.25) is 0 Å². The zero-order valence-corrected chi connectivity index (χ0v) is 21.1. The highest BCUT2D eigenvalue weighted by atomic mass is 32.1. The van der Waals surface area contributed by atoms with Gasteiger partial charge < -0.3 is 25.4 Å². The van der Waals surface area contributed by atoms with Crippen LogP contribution in [0.25, 0.3) is 0 Å². The van der Waals surface area contributed by atoms with Gasteiger partial charge in [0.25, 0.3) is 0 Å². The van der Waals surface area contributed by atoms with E-state index in [4.69, 9.17) is 4.74 Å². The molecular weight excluding hydrogens is 442 g/mol. The molecule has 0 radical (unpaired) electrons. The molecule has 0 amide bonds. The van der Waals surface area contributed by atoms with Gasteiger partial charge in [0.2, 0.25) is 0 Å². The number of aromatic hydroxyl groups is 1. The number of phenols is 1. The first-order chi connectivity index (χ1) is 16.6. The van der Waals surface area contributed by atoms with E-state index in [1.807, 2.05) is 26.2 Å². The summed E-state index contributed by atoms with van der Waals surface area (Å²) in [6, 6.07) is 20.5. The molecule has 5 nitrogen and oxygen atoms in total. The first-order valence-electron chi connectivity index (χ1n) is 12.3. The van der Waals surface area contributed by atoms with Crippen LogP contribution in [-0.2, 0) is 12.0 Å². The van der Waals surface area contributed by atoms with Gasteiger partial charge >= 0.3 is 0 Å². The van der Waals surface area contributed by atoms with E-state index >= 15 is 0 Å². The number of thiophene rings is 1. The van der Waals surface area contributed by atoms with Crippen LogP contribution in [-0.4, -0.2) is 50.3 Å². The molecule has 1 aromatic heterocycles. The maximum Gasteiger partial charge on any atom is 0.134 e. The van der Waals surface area contributed by atoms with Gasteiger partial charge in [0.15, 0.2) is 0 Å². The minimum absolute atomic E-state index is 0.0714. The van der Waals surface area contributed by atoms with Crippen molar-refractivity contribution in [1.29, 1.82) is 0 Å². The smallest absolute Gasteiger partial charge is 0.134 e. The van der Waals surface area contributed by atoms with Crippen molar-refractivity contribution >= 4 is 11.3 Å². The fraction of sp³-hybridized carbons (Fsp3) is 0.429. The first kappa shape index (κ1) is 24.7. The van der Waals surface area contributed by atoms with E-state index in [0.717, 1.165) is 57.6 Å². The third-order valence-corrected chi connectivity index (χ3v) is 8.01. The van der Waals surface area contributed by atoms with Crippen molar-refractivity contribution in [3.8, 4) is 11.5 Å². The van der Waals surface area contributed by atoms with Gasteiger partial charge in [-0.1, -0.05) is 36.4 Å². The Morgan fingerprint density at radius 2 is 1.88 bits per heavy atom. The summed E-state index contributed by atoms with van der Waals surface area (Å²) in [4.78, 5) is 3.82. The molecule has 1 aliphatic heterocycles. The van der Waals surface area contributed by atoms with Gasteiger partial charge in [0, 0.05) is 36.5 Å². The van der Waals surface area contributed by atoms with Crippen LogP contribution in [0.5, 0.6) is 11.5 Å². The second-order valence-corrected chi connectivity index (χ2v) is 10.1. The van der Waals surface area contributed by atoms with Crippen molar-refractivity contribution in [1.82, 2.24) is 15.5 Å². The zero-order chi connectivity index (χ0) is 23.8. The van der Waals surface area contributed by atoms with Crippen LogP contribution < -0.4 is 15.4 Å². The average Bonchev–Trinajstić information content (AvgIpc) is 3.41. The first-order valence-corrected chi connectivity index (χ1v) is 13.1. The van der Waals surface area contributed by atoms with Crippen LogP contribution in [0, 0.1) is 0 Å². The lowest BCUT2D eigenvalue weighted by Crippen LogP contribution is -2.50. The second-order valence-electron chi connectivity index (χ2n) is 9.10. The number of hydrogen-bond donors (Lipinski definition) is 3. The number of benzene rings is 2. The molecular formula is C28H37N3O2S. The van der Waals surface area contributed by atoms with Crippen molar-refractivity contribution in [2.75, 3.05) is 40.3 Å². The largest absolute Gasteiger partial charge is 0.508 e. The number of ether oxygens (including phenoxy) is 1. The third-order valence-electron chi connectivity index (χ3n) is 7.04. The van der Waals surface area contributed by atoms with E-state index in [9.17, 15) is 5.11 Å². The maximum absolute atomic E-state index is 9.96. The van der Waals surface area contributed by atoms with Crippen molar-refractivity contribution in [2.24, 2.45) is 0 Å². The summed E-state index contributed by atoms with van der Waals surface area (Å²) in [5.41, 5.74) is 2.37. The lowest BCUT2D eigenvalue weighted by molar-refractivity contribution is 0.140. The summed E-state index contributed by atoms with van der Waals surface area (Å²) in [5.74, 6) is 1.33. The van der Waals surface area contributed by atoms with Crippen molar-refractivity contribution < 1.29 is 9.84 Å². The molecule has 2 aromatic carbocycles. The molecule has 4 rings (SSSR count). The van der Waals surface area contributed by atoms with Crippen LogP contribution >= 0.6 is 11.3 Å². The minimum atomic E-state index is -0.0719. The lowest BCUT2D eigenvalue weighted by atomic mass is 9.81. The predicted octanol–water partition coefficient (Wildman–Crippen LogP) is 4.94. The summed E-state index contributed by atoms with van der Waals surface area (Å²) in [6.07, 6.45) is 4.03. The van der Waals surface area contributed by atoms with Crippen molar-refractivity contribution in [3.63, 3.8) is 0 Å². The summed E-state index contributed by atoms with van der Waals surface area (Å²) in [5, 5.41) is 18.9. The monoisotopic (exact) mass is 479 g/mol. The molecule has 1 saturated heterocycles. The van der Waals surface area contributed by atoms with E-state index in [2.05, 4.69) is 63.4 Å². The molecule has 1 unspecified atom stereocenters. The van der Waals surface area contributed by atoms with Gasteiger partial charge in [-0.2, -0.15) is 0 Å². The van der Waals surface area contributed by atoms with Gasteiger partial charge in [-0.15, -0.1) is 11.3 Å². The topological polar surface area (TPSA) is 56.8 Å². The predicted molar refractivity (Wildman–Crippen MR) is 141 cm³/mol. The fourth-order valence-electron chi connectivity index (χ4n) is 4.91. The van der Waals surface area contributed by atoms with Crippen molar-refractivity contribution in [2.45, 2.75) is 37.3 Å². The molecule has 3 N–H and O–H groups in total. The van der Waals surface area contributed by atoms with Crippen LogP contribution in [0.3, 0.4) is 0 Å². The number of nitrogens with one attached hydrogen (secondary N) is 2. The number of para-hydroxylation sites is 1. The van der Waals surface area contributed by atoms with E-state index < -0.39 is 0 Å². The van der Waals surface area contributed by atoms with Crippen LogP contribution in [0.4, 0.5) is 0 Å². The summed E-state index contributed by atoms with van der Waals surface area (Å²) >= 11 is 1.76. The summed E-state index contributed by atoms with van der Waals surface area (Å²) in [6.45, 7) is 3.99. The van der Waals surface area contributed by atoms with Gasteiger partial charge in [0.1, 0.15) is 17.6 Å². The van der Waals surface area contributed by atoms with E-state index in [1.54, 1.807) is 17.4 Å². The SMILES string of the molecule is CNCCC(Oc1ccccc1CCN1CCC(NC)(c2cccc(O)c2)CC1)c1cccs1. The maximum atomic E-state index is 9.96. The highest BCUT2D eigenvalue weighted by Gasteiger charge is 2.34. The van der Waals surface area contributed by atoms with Gasteiger partial charge in [-0.25, -0.2) is 0 Å². The Bertz CT molecular complexity index is 1020. The minimum Gasteiger partial charge on any atom is -0.508 e. The number of rotatable bonds is 11. The van der Waals surface area contributed by atoms with Crippen LogP contribution in [0.15, 0.2) is 66.0 Å². The number of nitrogens with zero attached hydrogens (tertiary/aromatic N) is 1. The fourth-order valence-corrected chi connectivity index (χ4v) is 5.70. The molecule has 2 heterocycles. The Morgan fingerprint density at radius 1 is 1.06 bits per heavy atom. The van der Waals surface area contributed by atoms with E-state index in [-0.39, 0.29) is 11.6 Å². The van der Waals surface area contributed by atoms with E-state index in [0.29, 0.717) is 5.75 Å². The Hall–Kier alpha value is -2.38.